The van der Waals surface area contributed by atoms with Crippen LogP contribution < -0.4 is 0 Å². The maximum atomic E-state index is 13.7. The number of carboxylic acids is 1. The van der Waals surface area contributed by atoms with Crippen molar-refractivity contribution >= 4 is 15.8 Å². The van der Waals surface area contributed by atoms with Gasteiger partial charge in [0.15, 0.2) is 14.9 Å². The Labute approximate surface area is 114 Å². The van der Waals surface area contributed by atoms with Gasteiger partial charge in [0.05, 0.1) is 11.3 Å². The molecular formula is C13H10FNO4S. The molecule has 1 heterocycles. The predicted octanol–water partition coefficient (Wildman–Crippen LogP) is 1.99. The number of aromatic nitrogens is 1. The zero-order valence-corrected chi connectivity index (χ0v) is 11.2. The van der Waals surface area contributed by atoms with Crippen LogP contribution in [0.25, 0.3) is 11.3 Å². The molecule has 0 aliphatic heterocycles. The summed E-state index contributed by atoms with van der Waals surface area (Å²) in [6, 6.07) is 8.09. The van der Waals surface area contributed by atoms with E-state index in [2.05, 4.69) is 4.98 Å². The van der Waals surface area contributed by atoms with Gasteiger partial charge in [-0.15, -0.1) is 0 Å². The minimum absolute atomic E-state index is 0.0634. The molecule has 1 aromatic carbocycles. The summed E-state index contributed by atoms with van der Waals surface area (Å²) < 4.78 is 36.9. The molecule has 104 valence electrons. The van der Waals surface area contributed by atoms with Gasteiger partial charge in [0.2, 0.25) is 0 Å². The number of benzene rings is 1. The van der Waals surface area contributed by atoms with E-state index in [-0.39, 0.29) is 11.3 Å². The molecule has 0 unspecified atom stereocenters. The van der Waals surface area contributed by atoms with Gasteiger partial charge in [-0.3, -0.25) is 0 Å². The lowest BCUT2D eigenvalue weighted by atomic mass is 10.1. The Morgan fingerprint density at radius 2 is 1.85 bits per heavy atom. The average Bonchev–Trinajstić information content (AvgIpc) is 2.37. The van der Waals surface area contributed by atoms with Crippen LogP contribution in [-0.4, -0.2) is 30.7 Å². The van der Waals surface area contributed by atoms with Crippen LogP contribution in [0.5, 0.6) is 0 Å². The van der Waals surface area contributed by atoms with Crippen LogP contribution in [0.4, 0.5) is 4.39 Å². The van der Waals surface area contributed by atoms with Crippen LogP contribution in [0.15, 0.2) is 41.4 Å². The van der Waals surface area contributed by atoms with Crippen molar-refractivity contribution in [3.05, 3.63) is 47.8 Å². The highest BCUT2D eigenvalue weighted by molar-refractivity contribution is 7.90. The van der Waals surface area contributed by atoms with Crippen molar-refractivity contribution in [3.8, 4) is 11.3 Å². The zero-order chi connectivity index (χ0) is 14.9. The molecule has 2 aromatic rings. The number of halogens is 1. The SMILES string of the molecule is CS(=O)(=O)c1nc(-c2ccccc2F)ccc1C(=O)O. The summed E-state index contributed by atoms with van der Waals surface area (Å²) >= 11 is 0. The molecule has 0 aliphatic rings. The molecule has 0 fully saturated rings. The maximum Gasteiger partial charge on any atom is 0.338 e. The Kier molecular flexibility index (Phi) is 3.54. The topological polar surface area (TPSA) is 84.3 Å². The Bertz CT molecular complexity index is 787. The molecule has 1 aromatic heterocycles. The van der Waals surface area contributed by atoms with Gasteiger partial charge in [0, 0.05) is 11.8 Å². The molecular weight excluding hydrogens is 285 g/mol. The van der Waals surface area contributed by atoms with Crippen LogP contribution in [0.1, 0.15) is 10.4 Å². The van der Waals surface area contributed by atoms with Crippen molar-refractivity contribution in [1.29, 1.82) is 0 Å². The van der Waals surface area contributed by atoms with Crippen molar-refractivity contribution in [1.82, 2.24) is 4.98 Å². The number of carboxylic acid groups (broad SMARTS) is 1. The number of pyridine rings is 1. The minimum Gasteiger partial charge on any atom is -0.478 e. The van der Waals surface area contributed by atoms with Crippen molar-refractivity contribution in [2.75, 3.05) is 6.26 Å². The summed E-state index contributed by atoms with van der Waals surface area (Å²) in [6.45, 7) is 0. The fourth-order valence-corrected chi connectivity index (χ4v) is 2.52. The number of hydrogen-bond donors (Lipinski definition) is 1. The van der Waals surface area contributed by atoms with E-state index in [0.29, 0.717) is 0 Å². The molecule has 0 amide bonds. The molecule has 7 heteroatoms. The van der Waals surface area contributed by atoms with E-state index in [4.69, 9.17) is 5.11 Å². The van der Waals surface area contributed by atoms with Gasteiger partial charge >= 0.3 is 5.97 Å². The molecule has 0 radical (unpaired) electrons. The van der Waals surface area contributed by atoms with E-state index in [0.717, 1.165) is 12.3 Å². The van der Waals surface area contributed by atoms with Crippen LogP contribution in [0, 0.1) is 5.82 Å². The van der Waals surface area contributed by atoms with E-state index in [1.54, 1.807) is 6.07 Å². The minimum atomic E-state index is -3.84. The summed E-state index contributed by atoms with van der Waals surface area (Å²) in [7, 11) is -3.84. The summed E-state index contributed by atoms with van der Waals surface area (Å²) in [5.74, 6) is -1.97. The number of rotatable bonds is 3. The first kappa shape index (κ1) is 14.1. The van der Waals surface area contributed by atoms with Gasteiger partial charge in [-0.25, -0.2) is 22.6 Å². The van der Waals surface area contributed by atoms with Gasteiger partial charge in [0.25, 0.3) is 0 Å². The highest BCUT2D eigenvalue weighted by Crippen LogP contribution is 2.24. The van der Waals surface area contributed by atoms with E-state index < -0.39 is 32.2 Å². The second-order valence-corrected chi connectivity index (χ2v) is 6.04. The summed E-state index contributed by atoms with van der Waals surface area (Å²) in [5, 5.41) is 8.39. The largest absolute Gasteiger partial charge is 0.478 e. The van der Waals surface area contributed by atoms with Crippen molar-refractivity contribution in [3.63, 3.8) is 0 Å². The first-order chi connectivity index (χ1) is 9.30. The molecule has 0 atom stereocenters. The molecule has 20 heavy (non-hydrogen) atoms. The third-order valence-electron chi connectivity index (χ3n) is 2.59. The number of sulfone groups is 1. The van der Waals surface area contributed by atoms with Gasteiger partial charge in [0.1, 0.15) is 5.82 Å². The third-order valence-corrected chi connectivity index (χ3v) is 3.61. The van der Waals surface area contributed by atoms with Gasteiger partial charge in [-0.05, 0) is 24.3 Å². The molecule has 0 saturated carbocycles. The molecule has 2 rings (SSSR count). The third kappa shape index (κ3) is 2.67. The lowest BCUT2D eigenvalue weighted by molar-refractivity contribution is 0.0691. The average molecular weight is 295 g/mol. The van der Waals surface area contributed by atoms with Crippen LogP contribution in [0.3, 0.4) is 0 Å². The predicted molar refractivity (Wildman–Crippen MR) is 69.7 cm³/mol. The number of carbonyl (C=O) groups is 1. The summed E-state index contributed by atoms with van der Waals surface area (Å²) in [6.07, 6.45) is 0.854. The molecule has 5 nitrogen and oxygen atoms in total. The van der Waals surface area contributed by atoms with Crippen molar-refractivity contribution in [2.45, 2.75) is 5.03 Å². The lowest BCUT2D eigenvalue weighted by Crippen LogP contribution is -2.10. The van der Waals surface area contributed by atoms with E-state index >= 15 is 0 Å². The van der Waals surface area contributed by atoms with Crippen LogP contribution in [-0.2, 0) is 9.84 Å². The molecule has 0 bridgehead atoms. The Morgan fingerprint density at radius 3 is 2.40 bits per heavy atom. The smallest absolute Gasteiger partial charge is 0.338 e. The fourth-order valence-electron chi connectivity index (χ4n) is 1.70. The number of aromatic carboxylic acids is 1. The monoisotopic (exact) mass is 295 g/mol. The van der Waals surface area contributed by atoms with Crippen molar-refractivity contribution < 1.29 is 22.7 Å². The van der Waals surface area contributed by atoms with Gasteiger partial charge in [-0.2, -0.15) is 0 Å². The van der Waals surface area contributed by atoms with Crippen LogP contribution >= 0.6 is 0 Å². The highest BCUT2D eigenvalue weighted by Gasteiger charge is 2.21. The molecule has 0 spiro atoms. The zero-order valence-electron chi connectivity index (χ0n) is 10.4. The maximum absolute atomic E-state index is 13.7. The normalized spacial score (nSPS) is 11.3. The molecule has 1 N–H and O–H groups in total. The van der Waals surface area contributed by atoms with E-state index in [1.807, 2.05) is 0 Å². The second kappa shape index (κ2) is 5.01. The quantitative estimate of drug-likeness (QED) is 0.936. The first-order valence-corrected chi connectivity index (χ1v) is 7.39. The fraction of sp³-hybridized carbons (Fsp3) is 0.0769. The van der Waals surface area contributed by atoms with Gasteiger partial charge < -0.3 is 5.11 Å². The van der Waals surface area contributed by atoms with Gasteiger partial charge in [-0.1, -0.05) is 12.1 Å². The Morgan fingerprint density at radius 1 is 1.20 bits per heavy atom. The number of nitrogens with zero attached hydrogens (tertiary/aromatic N) is 1. The second-order valence-electron chi connectivity index (χ2n) is 4.11. The number of hydrogen-bond acceptors (Lipinski definition) is 4. The summed E-state index contributed by atoms with van der Waals surface area (Å²) in [4.78, 5) is 14.8. The summed E-state index contributed by atoms with van der Waals surface area (Å²) in [5.41, 5.74) is -0.268. The Balaban J connectivity index is 2.71. The molecule has 0 aliphatic carbocycles. The van der Waals surface area contributed by atoms with Crippen molar-refractivity contribution in [2.24, 2.45) is 0 Å². The van der Waals surface area contributed by atoms with E-state index in [1.165, 1.54) is 24.3 Å². The molecule has 0 saturated heterocycles. The highest BCUT2D eigenvalue weighted by atomic mass is 32.2. The standard InChI is InChI=1S/C13H10FNO4S/c1-20(18,19)12-9(13(16)17)6-7-11(15-12)8-4-2-3-5-10(8)14/h2-7H,1H3,(H,16,17). The lowest BCUT2D eigenvalue weighted by Gasteiger charge is -2.07. The van der Waals surface area contributed by atoms with Crippen LogP contribution in [0.2, 0.25) is 0 Å². The van der Waals surface area contributed by atoms with E-state index in [9.17, 15) is 17.6 Å². The Hall–Kier alpha value is -2.28. The first-order valence-electron chi connectivity index (χ1n) is 5.50.